The van der Waals surface area contributed by atoms with Gasteiger partial charge in [-0.15, -0.1) is 0 Å². The number of amides is 2. The van der Waals surface area contributed by atoms with Crippen LogP contribution in [0, 0.1) is 19.8 Å². The lowest BCUT2D eigenvalue weighted by molar-refractivity contribution is -0.133. The first-order valence-electron chi connectivity index (χ1n) is 12.8. The fourth-order valence-electron chi connectivity index (χ4n) is 5.16. The van der Waals surface area contributed by atoms with Crippen LogP contribution in [0.1, 0.15) is 39.4 Å². The van der Waals surface area contributed by atoms with Crippen LogP contribution in [0.4, 0.5) is 11.4 Å². The van der Waals surface area contributed by atoms with E-state index in [1.807, 2.05) is 98.8 Å². The lowest BCUT2D eigenvalue weighted by Gasteiger charge is -2.42. The molecule has 1 saturated heterocycles. The highest BCUT2D eigenvalue weighted by Gasteiger charge is 2.49. The van der Waals surface area contributed by atoms with Crippen molar-refractivity contribution in [1.82, 2.24) is 0 Å². The number of hydrogen-bond donors (Lipinski definition) is 0. The number of aryl methyl sites for hydroxylation is 2. The molecule has 0 N–H and O–H groups in total. The minimum atomic E-state index is -1.16. The standard InChI is InChI=1S/C33H28N2O3S/c1-22-13-9-11-19-27(22)34-31(37)30(32(38)35(33(34)39)28-20-12-10-14-23(28)2)26(24-15-5-3-6-16-24)21-29(36)25-17-7-4-8-18-25/h3-20,26,30H,21H2,1-2H3/t26-/m0/s1. The van der Waals surface area contributed by atoms with E-state index in [-0.39, 0.29) is 17.3 Å². The fraction of sp³-hybridized carbons (Fsp3) is 0.152. The number of benzene rings is 4. The summed E-state index contributed by atoms with van der Waals surface area (Å²) < 4.78 is 0. The third kappa shape index (κ3) is 5.03. The van der Waals surface area contributed by atoms with Gasteiger partial charge in [0.15, 0.2) is 10.9 Å². The lowest BCUT2D eigenvalue weighted by atomic mass is 9.78. The molecule has 5 rings (SSSR count). The van der Waals surface area contributed by atoms with E-state index >= 15 is 0 Å². The van der Waals surface area contributed by atoms with Crippen molar-refractivity contribution < 1.29 is 14.4 Å². The number of carbonyl (C=O) groups is 3. The molecule has 5 nitrogen and oxygen atoms in total. The van der Waals surface area contributed by atoms with Gasteiger partial charge in [0.05, 0.1) is 11.4 Å². The SMILES string of the molecule is Cc1ccccc1N1C(=O)C([C@@H](CC(=O)c2ccccc2)c2ccccc2)C(=O)N(c2ccccc2C)C1=S. The highest BCUT2D eigenvalue weighted by Crippen LogP contribution is 2.39. The Morgan fingerprint density at radius 3 is 1.62 bits per heavy atom. The average Bonchev–Trinajstić information content (AvgIpc) is 2.95. The number of thiocarbonyl (C=S) groups is 1. The summed E-state index contributed by atoms with van der Waals surface area (Å²) in [5.74, 6) is -2.85. The number of ketones is 1. The third-order valence-corrected chi connectivity index (χ3v) is 7.56. The number of para-hydroxylation sites is 2. The van der Waals surface area contributed by atoms with E-state index in [2.05, 4.69) is 0 Å². The Morgan fingerprint density at radius 1 is 0.692 bits per heavy atom. The first-order valence-corrected chi connectivity index (χ1v) is 13.3. The van der Waals surface area contributed by atoms with E-state index < -0.39 is 23.7 Å². The van der Waals surface area contributed by atoms with Crippen LogP contribution < -0.4 is 9.80 Å². The van der Waals surface area contributed by atoms with Gasteiger partial charge in [0.2, 0.25) is 11.8 Å². The molecule has 0 spiro atoms. The Bertz CT molecular complexity index is 1480. The van der Waals surface area contributed by atoms with Crippen LogP contribution in [-0.2, 0) is 9.59 Å². The topological polar surface area (TPSA) is 57.7 Å². The maximum Gasteiger partial charge on any atom is 0.246 e. The predicted molar refractivity (Wildman–Crippen MR) is 158 cm³/mol. The van der Waals surface area contributed by atoms with Crippen LogP contribution >= 0.6 is 12.2 Å². The summed E-state index contributed by atoms with van der Waals surface area (Å²) in [5, 5.41) is 0.103. The normalized spacial score (nSPS) is 15.0. The van der Waals surface area contributed by atoms with Gasteiger partial charge in [0, 0.05) is 17.9 Å². The summed E-state index contributed by atoms with van der Waals surface area (Å²) in [7, 11) is 0. The molecule has 1 heterocycles. The van der Waals surface area contributed by atoms with Gasteiger partial charge in [0.25, 0.3) is 0 Å². The van der Waals surface area contributed by atoms with Crippen LogP contribution in [0.2, 0.25) is 0 Å². The van der Waals surface area contributed by atoms with Gasteiger partial charge in [-0.3, -0.25) is 24.2 Å². The van der Waals surface area contributed by atoms with Crippen LogP contribution in [0.3, 0.4) is 0 Å². The van der Waals surface area contributed by atoms with Gasteiger partial charge in [0.1, 0.15) is 5.92 Å². The van der Waals surface area contributed by atoms with Gasteiger partial charge >= 0.3 is 0 Å². The summed E-state index contributed by atoms with van der Waals surface area (Å²) >= 11 is 5.85. The quantitative estimate of drug-likeness (QED) is 0.152. The first-order chi connectivity index (χ1) is 18.9. The Morgan fingerprint density at radius 2 is 1.13 bits per heavy atom. The molecule has 2 amide bonds. The summed E-state index contributed by atoms with van der Waals surface area (Å²) in [6.45, 7) is 3.81. The van der Waals surface area contributed by atoms with E-state index in [0.717, 1.165) is 16.7 Å². The maximum absolute atomic E-state index is 14.4. The number of hydrogen-bond acceptors (Lipinski definition) is 4. The number of anilines is 2. The van der Waals surface area contributed by atoms with Crippen molar-refractivity contribution in [3.05, 3.63) is 131 Å². The summed E-state index contributed by atoms with van der Waals surface area (Å²) in [4.78, 5) is 45.2. The molecule has 1 aliphatic rings. The van der Waals surface area contributed by atoms with Gasteiger partial charge in [-0.2, -0.15) is 0 Å². The second-order valence-corrected chi connectivity index (χ2v) is 10.1. The van der Waals surface area contributed by atoms with Crippen LogP contribution in [0.15, 0.2) is 109 Å². The minimum Gasteiger partial charge on any atom is -0.294 e. The Hall–Kier alpha value is -4.42. The zero-order chi connectivity index (χ0) is 27.5. The van der Waals surface area contributed by atoms with Crippen molar-refractivity contribution in [3.8, 4) is 0 Å². The molecule has 0 saturated carbocycles. The van der Waals surface area contributed by atoms with E-state index in [1.165, 1.54) is 9.80 Å². The summed E-state index contributed by atoms with van der Waals surface area (Å²) in [6, 6.07) is 33.2. The van der Waals surface area contributed by atoms with Gasteiger partial charge in [-0.05, 0) is 54.9 Å². The third-order valence-electron chi connectivity index (χ3n) is 7.20. The van der Waals surface area contributed by atoms with Gasteiger partial charge in [-0.1, -0.05) is 97.1 Å². The second-order valence-electron chi connectivity index (χ2n) is 9.69. The second kappa shape index (κ2) is 11.1. The predicted octanol–water partition coefficient (Wildman–Crippen LogP) is 6.64. The molecule has 1 aliphatic heterocycles. The molecular formula is C33H28N2O3S. The van der Waals surface area contributed by atoms with Crippen molar-refractivity contribution in [3.63, 3.8) is 0 Å². The van der Waals surface area contributed by atoms with Crippen molar-refractivity contribution in [2.24, 2.45) is 5.92 Å². The monoisotopic (exact) mass is 532 g/mol. The Labute approximate surface area is 233 Å². The molecular weight excluding hydrogens is 504 g/mol. The lowest BCUT2D eigenvalue weighted by Crippen LogP contribution is -2.62. The molecule has 1 atom stereocenters. The molecule has 6 heteroatoms. The number of carbonyl (C=O) groups excluding carboxylic acids is 3. The van der Waals surface area contributed by atoms with Crippen LogP contribution in [-0.4, -0.2) is 22.7 Å². The number of rotatable bonds is 7. The van der Waals surface area contributed by atoms with Crippen molar-refractivity contribution in [2.75, 3.05) is 9.80 Å². The molecule has 4 aromatic rings. The molecule has 0 aromatic heterocycles. The largest absolute Gasteiger partial charge is 0.294 e. The number of Topliss-reactive ketones (excluding diaryl/α,β-unsaturated/α-hetero) is 1. The highest BCUT2D eigenvalue weighted by atomic mass is 32.1. The van der Waals surface area contributed by atoms with Crippen molar-refractivity contribution in [1.29, 1.82) is 0 Å². The van der Waals surface area contributed by atoms with Crippen LogP contribution in [0.5, 0.6) is 0 Å². The Balaban J connectivity index is 1.67. The number of nitrogens with zero attached hydrogens (tertiary/aromatic N) is 2. The molecule has 0 radical (unpaired) electrons. The summed E-state index contributed by atoms with van der Waals surface area (Å²) in [5.41, 5.74) is 4.21. The highest BCUT2D eigenvalue weighted by molar-refractivity contribution is 7.81. The molecule has 39 heavy (non-hydrogen) atoms. The molecule has 0 bridgehead atoms. The molecule has 1 fully saturated rings. The maximum atomic E-state index is 14.4. The van der Waals surface area contributed by atoms with Crippen LogP contribution in [0.25, 0.3) is 0 Å². The first kappa shape index (κ1) is 26.2. The van der Waals surface area contributed by atoms with E-state index in [0.29, 0.717) is 16.9 Å². The van der Waals surface area contributed by atoms with E-state index in [1.54, 1.807) is 24.3 Å². The average molecular weight is 533 g/mol. The van der Waals surface area contributed by atoms with Gasteiger partial charge in [-0.25, -0.2) is 0 Å². The molecule has 4 aromatic carbocycles. The Kier molecular flexibility index (Phi) is 7.48. The van der Waals surface area contributed by atoms with Gasteiger partial charge < -0.3 is 0 Å². The minimum absolute atomic E-state index is 0.00778. The van der Waals surface area contributed by atoms with E-state index in [9.17, 15) is 14.4 Å². The molecule has 0 unspecified atom stereocenters. The summed E-state index contributed by atoms with van der Waals surface area (Å²) in [6.07, 6.45) is -0.00778. The van der Waals surface area contributed by atoms with Crippen molar-refractivity contribution >= 4 is 46.3 Å². The fourth-order valence-corrected chi connectivity index (χ4v) is 5.54. The van der Waals surface area contributed by atoms with Crippen molar-refractivity contribution in [2.45, 2.75) is 26.2 Å². The zero-order valence-corrected chi connectivity index (χ0v) is 22.6. The smallest absolute Gasteiger partial charge is 0.246 e. The van der Waals surface area contributed by atoms with E-state index in [4.69, 9.17) is 12.2 Å². The molecule has 0 aliphatic carbocycles. The molecule has 194 valence electrons. The zero-order valence-electron chi connectivity index (χ0n) is 21.8.